The van der Waals surface area contributed by atoms with Gasteiger partial charge in [-0.2, -0.15) is 0 Å². The summed E-state index contributed by atoms with van der Waals surface area (Å²) < 4.78 is 2.27. The third kappa shape index (κ3) is 2.45. The number of nitrogens with zero attached hydrogens (tertiary/aromatic N) is 2. The van der Waals surface area contributed by atoms with Crippen LogP contribution in [-0.4, -0.2) is 27.3 Å². The van der Waals surface area contributed by atoms with E-state index in [1.165, 1.54) is 11.9 Å². The van der Waals surface area contributed by atoms with E-state index < -0.39 is 0 Å². The quantitative estimate of drug-likeness (QED) is 0.879. The first-order valence-corrected chi connectivity index (χ1v) is 7.62. The summed E-state index contributed by atoms with van der Waals surface area (Å²) in [5, 5.41) is 13.0. The van der Waals surface area contributed by atoms with E-state index >= 15 is 0 Å². The molecule has 4 heteroatoms. The zero-order valence-electron chi connectivity index (χ0n) is 12.0. The fourth-order valence-corrected chi connectivity index (χ4v) is 3.36. The number of hydrogen-bond donors (Lipinski definition) is 2. The monoisotopic (exact) mass is 273 g/mol. The summed E-state index contributed by atoms with van der Waals surface area (Å²) in [5.41, 5.74) is 2.27. The Hall–Kier alpha value is -1.39. The van der Waals surface area contributed by atoms with Crippen LogP contribution in [0, 0.1) is 5.92 Å². The lowest BCUT2D eigenvalue weighted by Crippen LogP contribution is -2.34. The zero-order valence-corrected chi connectivity index (χ0v) is 12.0. The summed E-state index contributed by atoms with van der Waals surface area (Å²) in [6, 6.07) is 8.72. The van der Waals surface area contributed by atoms with Crippen LogP contribution in [0.25, 0.3) is 11.0 Å². The molecule has 1 fully saturated rings. The van der Waals surface area contributed by atoms with Crippen LogP contribution in [0.1, 0.15) is 32.0 Å². The van der Waals surface area contributed by atoms with Crippen LogP contribution < -0.4 is 5.32 Å². The SMILES string of the molecule is CCn1c(CNC2CCCC2CO)nc2ccccc21. The van der Waals surface area contributed by atoms with E-state index in [1.54, 1.807) is 0 Å². The molecule has 1 saturated carbocycles. The summed E-state index contributed by atoms with van der Waals surface area (Å²) in [5.74, 6) is 1.51. The second-order valence-corrected chi connectivity index (χ2v) is 5.62. The van der Waals surface area contributed by atoms with Crippen LogP contribution in [0.2, 0.25) is 0 Å². The minimum Gasteiger partial charge on any atom is -0.396 e. The molecule has 0 radical (unpaired) electrons. The van der Waals surface area contributed by atoms with Crippen molar-refractivity contribution < 1.29 is 5.11 Å². The van der Waals surface area contributed by atoms with Crippen molar-refractivity contribution in [1.82, 2.24) is 14.9 Å². The van der Waals surface area contributed by atoms with Gasteiger partial charge in [0.05, 0.1) is 17.6 Å². The Bertz CT molecular complexity index is 578. The summed E-state index contributed by atoms with van der Waals surface area (Å²) in [4.78, 5) is 4.73. The molecular formula is C16H23N3O. The lowest BCUT2D eigenvalue weighted by Gasteiger charge is -2.19. The summed E-state index contributed by atoms with van der Waals surface area (Å²) >= 11 is 0. The van der Waals surface area contributed by atoms with Crippen molar-refractivity contribution >= 4 is 11.0 Å². The highest BCUT2D eigenvalue weighted by Crippen LogP contribution is 2.25. The number of hydrogen-bond acceptors (Lipinski definition) is 3. The molecule has 0 spiro atoms. The van der Waals surface area contributed by atoms with Gasteiger partial charge in [-0.3, -0.25) is 0 Å². The summed E-state index contributed by atoms with van der Waals surface area (Å²) in [7, 11) is 0. The van der Waals surface area contributed by atoms with E-state index in [4.69, 9.17) is 4.98 Å². The van der Waals surface area contributed by atoms with Gasteiger partial charge in [0, 0.05) is 19.2 Å². The standard InChI is InChI=1S/C16H23N3O/c1-2-19-15-9-4-3-7-14(15)18-16(19)10-17-13-8-5-6-12(13)11-20/h3-4,7,9,12-13,17,20H,2,5-6,8,10-11H2,1H3. The summed E-state index contributed by atoms with van der Waals surface area (Å²) in [6.07, 6.45) is 3.52. The van der Waals surface area contributed by atoms with Gasteiger partial charge in [0.1, 0.15) is 5.82 Å². The molecule has 1 aliphatic rings. The Morgan fingerprint density at radius 2 is 2.20 bits per heavy atom. The molecular weight excluding hydrogens is 250 g/mol. The van der Waals surface area contributed by atoms with Gasteiger partial charge in [-0.15, -0.1) is 0 Å². The number of fused-ring (bicyclic) bond motifs is 1. The van der Waals surface area contributed by atoms with E-state index in [0.29, 0.717) is 18.6 Å². The second kappa shape index (κ2) is 5.94. The number of para-hydroxylation sites is 2. The Balaban J connectivity index is 1.77. The first kappa shape index (κ1) is 13.6. The highest BCUT2D eigenvalue weighted by Gasteiger charge is 2.26. The van der Waals surface area contributed by atoms with Crippen LogP contribution >= 0.6 is 0 Å². The number of benzene rings is 1. The Morgan fingerprint density at radius 3 is 3.00 bits per heavy atom. The molecule has 1 aromatic carbocycles. The number of aliphatic hydroxyl groups is 1. The smallest absolute Gasteiger partial charge is 0.123 e. The van der Waals surface area contributed by atoms with Gasteiger partial charge in [0.25, 0.3) is 0 Å². The molecule has 108 valence electrons. The van der Waals surface area contributed by atoms with Crippen molar-refractivity contribution in [2.45, 2.75) is 45.3 Å². The fraction of sp³-hybridized carbons (Fsp3) is 0.562. The van der Waals surface area contributed by atoms with Gasteiger partial charge >= 0.3 is 0 Å². The maximum Gasteiger partial charge on any atom is 0.123 e. The number of aryl methyl sites for hydroxylation is 1. The van der Waals surface area contributed by atoms with Crippen molar-refractivity contribution in [3.05, 3.63) is 30.1 Å². The lowest BCUT2D eigenvalue weighted by atomic mass is 10.1. The Kier molecular flexibility index (Phi) is 4.03. The molecule has 2 aromatic rings. The highest BCUT2D eigenvalue weighted by molar-refractivity contribution is 5.75. The van der Waals surface area contributed by atoms with Crippen LogP contribution in [0.5, 0.6) is 0 Å². The molecule has 0 bridgehead atoms. The van der Waals surface area contributed by atoms with Crippen molar-refractivity contribution in [3.8, 4) is 0 Å². The maximum absolute atomic E-state index is 9.39. The number of aliphatic hydroxyl groups excluding tert-OH is 1. The fourth-order valence-electron chi connectivity index (χ4n) is 3.36. The predicted octanol–water partition coefficient (Wildman–Crippen LogP) is 2.31. The molecule has 2 atom stereocenters. The first-order valence-electron chi connectivity index (χ1n) is 7.62. The highest BCUT2D eigenvalue weighted by atomic mass is 16.3. The molecule has 20 heavy (non-hydrogen) atoms. The number of rotatable bonds is 5. The average molecular weight is 273 g/mol. The normalized spacial score (nSPS) is 22.7. The second-order valence-electron chi connectivity index (χ2n) is 5.62. The predicted molar refractivity (Wildman–Crippen MR) is 80.5 cm³/mol. The van der Waals surface area contributed by atoms with Crippen molar-refractivity contribution in [2.24, 2.45) is 5.92 Å². The molecule has 1 aliphatic carbocycles. The van der Waals surface area contributed by atoms with Crippen LogP contribution in [-0.2, 0) is 13.1 Å². The molecule has 0 aliphatic heterocycles. The van der Waals surface area contributed by atoms with Crippen molar-refractivity contribution in [2.75, 3.05) is 6.61 Å². The lowest BCUT2D eigenvalue weighted by molar-refractivity contribution is 0.204. The van der Waals surface area contributed by atoms with E-state index in [-0.39, 0.29) is 0 Å². The third-order valence-electron chi connectivity index (χ3n) is 4.47. The van der Waals surface area contributed by atoms with E-state index in [2.05, 4.69) is 35.0 Å². The number of imidazole rings is 1. The molecule has 3 rings (SSSR count). The van der Waals surface area contributed by atoms with E-state index in [1.807, 2.05) is 6.07 Å². The van der Waals surface area contributed by atoms with Crippen molar-refractivity contribution in [1.29, 1.82) is 0 Å². The number of aromatic nitrogens is 2. The molecule has 2 N–H and O–H groups in total. The molecule has 0 saturated heterocycles. The maximum atomic E-state index is 9.39. The Labute approximate surface area is 119 Å². The minimum absolute atomic E-state index is 0.294. The van der Waals surface area contributed by atoms with Crippen LogP contribution in [0.3, 0.4) is 0 Å². The minimum atomic E-state index is 0.294. The van der Waals surface area contributed by atoms with Crippen molar-refractivity contribution in [3.63, 3.8) is 0 Å². The van der Waals surface area contributed by atoms with Gasteiger partial charge in [-0.05, 0) is 37.8 Å². The van der Waals surface area contributed by atoms with Crippen LogP contribution in [0.4, 0.5) is 0 Å². The topological polar surface area (TPSA) is 50.1 Å². The zero-order chi connectivity index (χ0) is 13.9. The molecule has 0 amide bonds. The molecule has 1 heterocycles. The van der Waals surface area contributed by atoms with Gasteiger partial charge in [0.15, 0.2) is 0 Å². The van der Waals surface area contributed by atoms with Gasteiger partial charge in [-0.1, -0.05) is 18.6 Å². The van der Waals surface area contributed by atoms with Gasteiger partial charge < -0.3 is 15.0 Å². The molecule has 1 aromatic heterocycles. The van der Waals surface area contributed by atoms with Gasteiger partial charge in [-0.25, -0.2) is 4.98 Å². The van der Waals surface area contributed by atoms with E-state index in [9.17, 15) is 5.11 Å². The Morgan fingerprint density at radius 1 is 1.35 bits per heavy atom. The van der Waals surface area contributed by atoms with E-state index in [0.717, 1.165) is 37.3 Å². The third-order valence-corrected chi connectivity index (χ3v) is 4.47. The molecule has 4 nitrogen and oxygen atoms in total. The molecule has 2 unspecified atom stereocenters. The average Bonchev–Trinajstić information content (AvgIpc) is 3.08. The summed E-state index contributed by atoms with van der Waals surface area (Å²) in [6.45, 7) is 4.17. The van der Waals surface area contributed by atoms with Gasteiger partial charge in [0.2, 0.25) is 0 Å². The van der Waals surface area contributed by atoms with Crippen LogP contribution in [0.15, 0.2) is 24.3 Å². The number of nitrogens with one attached hydrogen (secondary N) is 1. The largest absolute Gasteiger partial charge is 0.396 e. The first-order chi connectivity index (χ1) is 9.83.